The Balaban J connectivity index is 1.42. The second kappa shape index (κ2) is 6.67. The average Bonchev–Trinajstić information content (AvgIpc) is 3.26. The Bertz CT molecular complexity index is 887. The molecule has 1 atom stereocenters. The number of fused-ring (bicyclic) bond motifs is 1. The van der Waals surface area contributed by atoms with E-state index < -0.39 is 0 Å². The van der Waals surface area contributed by atoms with Crippen molar-refractivity contribution in [3.63, 3.8) is 0 Å². The first kappa shape index (κ1) is 15.8. The van der Waals surface area contributed by atoms with Crippen LogP contribution in [0, 0.1) is 0 Å². The lowest BCUT2D eigenvalue weighted by Gasteiger charge is -2.16. The Hall–Kier alpha value is -2.69. The third-order valence-corrected chi connectivity index (χ3v) is 5.09. The number of benzene rings is 1. The normalized spacial score (nSPS) is 17.3. The first-order valence-corrected chi connectivity index (χ1v) is 8.80. The van der Waals surface area contributed by atoms with E-state index in [-0.39, 0.29) is 5.91 Å². The topological polar surface area (TPSA) is 51.0 Å². The molecule has 0 radical (unpaired) electrons. The molecular formula is C20H22N4O. The summed E-state index contributed by atoms with van der Waals surface area (Å²) in [5.41, 5.74) is 3.24. The Morgan fingerprint density at radius 1 is 1.24 bits per heavy atom. The van der Waals surface area contributed by atoms with Gasteiger partial charge in [0.2, 0.25) is 5.91 Å². The molecule has 0 spiro atoms. The molecule has 1 fully saturated rings. The fraction of sp³-hybridized carbons (Fsp3) is 0.350. The smallest absolute Gasteiger partial charge is 0.222 e. The van der Waals surface area contributed by atoms with Crippen LogP contribution < -0.4 is 0 Å². The second-order valence-electron chi connectivity index (χ2n) is 6.70. The first-order chi connectivity index (χ1) is 12.2. The van der Waals surface area contributed by atoms with Crippen LogP contribution in [0.1, 0.15) is 30.1 Å². The van der Waals surface area contributed by atoms with E-state index in [0.717, 1.165) is 42.8 Å². The second-order valence-corrected chi connectivity index (χ2v) is 6.70. The number of likely N-dealkylation sites (tertiary alicyclic amines) is 1. The van der Waals surface area contributed by atoms with Crippen LogP contribution in [0.25, 0.3) is 11.0 Å². The number of aryl methyl sites for hydroxylation is 2. The number of hydrogen-bond acceptors (Lipinski definition) is 3. The molecule has 1 aliphatic heterocycles. The van der Waals surface area contributed by atoms with Crippen LogP contribution in [0.2, 0.25) is 0 Å². The highest BCUT2D eigenvalue weighted by molar-refractivity contribution is 5.77. The van der Waals surface area contributed by atoms with Gasteiger partial charge in [-0.05, 0) is 24.5 Å². The van der Waals surface area contributed by atoms with Crippen LogP contribution in [0.3, 0.4) is 0 Å². The molecule has 5 nitrogen and oxygen atoms in total. The zero-order valence-electron chi connectivity index (χ0n) is 14.4. The minimum Gasteiger partial charge on any atom is -0.342 e. The first-order valence-electron chi connectivity index (χ1n) is 8.80. The molecule has 0 aliphatic carbocycles. The molecule has 1 amide bonds. The Kier molecular flexibility index (Phi) is 4.22. The quantitative estimate of drug-likeness (QED) is 0.737. The van der Waals surface area contributed by atoms with Gasteiger partial charge in [0.15, 0.2) is 0 Å². The molecule has 5 heteroatoms. The van der Waals surface area contributed by atoms with Gasteiger partial charge in [-0.15, -0.1) is 0 Å². The maximum Gasteiger partial charge on any atom is 0.222 e. The molecule has 1 saturated heterocycles. The number of hydrogen-bond donors (Lipinski definition) is 0. The van der Waals surface area contributed by atoms with E-state index in [1.165, 1.54) is 5.56 Å². The third-order valence-electron chi connectivity index (χ3n) is 5.09. The van der Waals surface area contributed by atoms with Gasteiger partial charge in [0.05, 0.1) is 17.2 Å². The SMILES string of the molecule is Cn1c(C2CCN(C(=O)CCc3ccccc3)C2)nc2ccncc21. The molecule has 4 rings (SSSR count). The van der Waals surface area contributed by atoms with Crippen LogP contribution >= 0.6 is 0 Å². The zero-order chi connectivity index (χ0) is 17.2. The number of rotatable bonds is 4. The van der Waals surface area contributed by atoms with Crippen molar-refractivity contribution in [1.82, 2.24) is 19.4 Å². The van der Waals surface area contributed by atoms with Crippen molar-refractivity contribution in [1.29, 1.82) is 0 Å². The van der Waals surface area contributed by atoms with E-state index in [1.807, 2.05) is 42.4 Å². The molecule has 0 bridgehead atoms. The summed E-state index contributed by atoms with van der Waals surface area (Å²) in [6, 6.07) is 12.1. The van der Waals surface area contributed by atoms with Gasteiger partial charge in [-0.2, -0.15) is 0 Å². The molecule has 3 heterocycles. The van der Waals surface area contributed by atoms with Crippen molar-refractivity contribution in [2.45, 2.75) is 25.2 Å². The van der Waals surface area contributed by atoms with Gasteiger partial charge >= 0.3 is 0 Å². The van der Waals surface area contributed by atoms with Gasteiger partial charge in [0, 0.05) is 38.7 Å². The summed E-state index contributed by atoms with van der Waals surface area (Å²) in [6.45, 7) is 1.58. The minimum atomic E-state index is 0.242. The standard InChI is InChI=1S/C20H22N4O/c1-23-18-13-21-11-9-17(18)22-20(23)16-10-12-24(14-16)19(25)8-7-15-5-3-2-4-6-15/h2-6,9,11,13,16H,7-8,10,12,14H2,1H3. The van der Waals surface area contributed by atoms with Crippen molar-refractivity contribution < 1.29 is 4.79 Å². The van der Waals surface area contributed by atoms with Crippen LogP contribution in [-0.2, 0) is 18.3 Å². The maximum absolute atomic E-state index is 12.5. The summed E-state index contributed by atoms with van der Waals surface area (Å²) in [6.07, 6.45) is 5.97. The monoisotopic (exact) mass is 334 g/mol. The molecule has 128 valence electrons. The predicted molar refractivity (Wildman–Crippen MR) is 97.2 cm³/mol. The summed E-state index contributed by atoms with van der Waals surface area (Å²) >= 11 is 0. The van der Waals surface area contributed by atoms with E-state index in [0.29, 0.717) is 12.3 Å². The lowest BCUT2D eigenvalue weighted by molar-refractivity contribution is -0.130. The van der Waals surface area contributed by atoms with E-state index in [9.17, 15) is 4.79 Å². The number of imidazole rings is 1. The largest absolute Gasteiger partial charge is 0.342 e. The van der Waals surface area contributed by atoms with E-state index in [2.05, 4.69) is 21.7 Å². The fourth-order valence-electron chi connectivity index (χ4n) is 3.67. The third kappa shape index (κ3) is 3.14. The average molecular weight is 334 g/mol. The highest BCUT2D eigenvalue weighted by Gasteiger charge is 2.30. The van der Waals surface area contributed by atoms with Gasteiger partial charge in [-0.3, -0.25) is 9.78 Å². The van der Waals surface area contributed by atoms with Crippen LogP contribution in [0.5, 0.6) is 0 Å². The fourth-order valence-corrected chi connectivity index (χ4v) is 3.67. The number of carbonyl (C=O) groups excluding carboxylic acids is 1. The van der Waals surface area contributed by atoms with Gasteiger partial charge in [-0.1, -0.05) is 30.3 Å². The van der Waals surface area contributed by atoms with E-state index in [1.54, 1.807) is 6.20 Å². The number of carbonyl (C=O) groups is 1. The van der Waals surface area contributed by atoms with Gasteiger partial charge < -0.3 is 9.47 Å². The highest BCUT2D eigenvalue weighted by atomic mass is 16.2. The van der Waals surface area contributed by atoms with Crippen LogP contribution in [-0.4, -0.2) is 38.4 Å². The number of amides is 1. The summed E-state index contributed by atoms with van der Waals surface area (Å²) in [4.78, 5) is 23.5. The Morgan fingerprint density at radius 2 is 2.08 bits per heavy atom. The van der Waals surface area contributed by atoms with E-state index in [4.69, 9.17) is 4.98 Å². The molecule has 3 aromatic rings. The van der Waals surface area contributed by atoms with Crippen LogP contribution in [0.4, 0.5) is 0 Å². The zero-order valence-corrected chi connectivity index (χ0v) is 14.4. The molecule has 0 N–H and O–H groups in total. The summed E-state index contributed by atoms with van der Waals surface area (Å²) in [5, 5.41) is 0. The molecule has 0 saturated carbocycles. The van der Waals surface area contributed by atoms with Crippen molar-refractivity contribution >= 4 is 16.9 Å². The Labute approximate surface area is 147 Å². The van der Waals surface area contributed by atoms with Crippen molar-refractivity contribution in [3.05, 3.63) is 60.2 Å². The van der Waals surface area contributed by atoms with Crippen molar-refractivity contribution in [2.24, 2.45) is 7.05 Å². The van der Waals surface area contributed by atoms with Crippen molar-refractivity contribution in [2.75, 3.05) is 13.1 Å². The summed E-state index contributed by atoms with van der Waals surface area (Å²) in [7, 11) is 2.03. The molecule has 2 aromatic heterocycles. The molecule has 1 aromatic carbocycles. The maximum atomic E-state index is 12.5. The molecule has 1 aliphatic rings. The predicted octanol–water partition coefficient (Wildman–Crippen LogP) is 2.92. The Morgan fingerprint density at radius 3 is 2.88 bits per heavy atom. The molecule has 25 heavy (non-hydrogen) atoms. The number of nitrogens with zero attached hydrogens (tertiary/aromatic N) is 4. The number of pyridine rings is 1. The lowest BCUT2D eigenvalue weighted by Crippen LogP contribution is -2.28. The number of aromatic nitrogens is 3. The van der Waals surface area contributed by atoms with Gasteiger partial charge in [0.1, 0.15) is 5.82 Å². The summed E-state index contributed by atoms with van der Waals surface area (Å²) in [5.74, 6) is 1.60. The van der Waals surface area contributed by atoms with Gasteiger partial charge in [-0.25, -0.2) is 4.98 Å². The van der Waals surface area contributed by atoms with Gasteiger partial charge in [0.25, 0.3) is 0 Å². The molecular weight excluding hydrogens is 312 g/mol. The minimum absolute atomic E-state index is 0.242. The van der Waals surface area contributed by atoms with Crippen LogP contribution in [0.15, 0.2) is 48.8 Å². The van der Waals surface area contributed by atoms with Crippen molar-refractivity contribution in [3.8, 4) is 0 Å². The summed E-state index contributed by atoms with van der Waals surface area (Å²) < 4.78 is 2.12. The highest BCUT2D eigenvalue weighted by Crippen LogP contribution is 2.29. The van der Waals surface area contributed by atoms with E-state index >= 15 is 0 Å². The molecule has 1 unspecified atom stereocenters. The lowest BCUT2D eigenvalue weighted by atomic mass is 10.1.